The first kappa shape index (κ1) is 6.66. The number of hydrogen-bond acceptors (Lipinski definition) is 1. The maximum absolute atomic E-state index is 3.60. The summed E-state index contributed by atoms with van der Waals surface area (Å²) in [6.45, 7) is 6.04. The summed E-state index contributed by atoms with van der Waals surface area (Å²) in [4.78, 5) is 0. The molecule has 0 amide bonds. The minimum atomic E-state index is 0.878. The number of rotatable bonds is 0. The highest BCUT2D eigenvalue weighted by atomic mass is 15.0. The number of nitrogens with one attached hydrogen (secondary N) is 1. The molecule has 0 bridgehead atoms. The molecule has 0 aromatic carbocycles. The Balaban J connectivity index is 2.00. The standard InChI is InChI=1S/C9H17N/c1-6-7(2)9-8(6)4-3-5-10-9/h6-10H,3-5H2,1-2H3. The summed E-state index contributed by atoms with van der Waals surface area (Å²) < 4.78 is 0. The Morgan fingerprint density at radius 2 is 2.00 bits per heavy atom. The summed E-state index contributed by atoms with van der Waals surface area (Å²) in [6.07, 6.45) is 2.88. The highest BCUT2D eigenvalue weighted by Crippen LogP contribution is 2.44. The Kier molecular flexibility index (Phi) is 1.48. The first-order valence-electron chi connectivity index (χ1n) is 4.54. The lowest BCUT2D eigenvalue weighted by atomic mass is 9.59. The molecule has 2 rings (SSSR count). The molecular formula is C9H17N. The molecule has 0 aromatic heterocycles. The van der Waals surface area contributed by atoms with Gasteiger partial charge in [-0.15, -0.1) is 0 Å². The van der Waals surface area contributed by atoms with Gasteiger partial charge >= 0.3 is 0 Å². The summed E-state index contributed by atoms with van der Waals surface area (Å²) >= 11 is 0. The molecule has 1 aliphatic heterocycles. The predicted octanol–water partition coefficient (Wildman–Crippen LogP) is 1.64. The summed E-state index contributed by atoms with van der Waals surface area (Å²) in [6, 6.07) is 0.878. The normalized spacial score (nSPS) is 53.4. The number of fused-ring (bicyclic) bond motifs is 1. The maximum atomic E-state index is 3.60. The Morgan fingerprint density at radius 3 is 2.70 bits per heavy atom. The van der Waals surface area contributed by atoms with E-state index in [0.29, 0.717) is 0 Å². The SMILES string of the molecule is CC1C(C)C2NCCCC12. The van der Waals surface area contributed by atoms with Crippen molar-refractivity contribution in [3.63, 3.8) is 0 Å². The molecular weight excluding hydrogens is 122 g/mol. The van der Waals surface area contributed by atoms with Gasteiger partial charge in [0.05, 0.1) is 0 Å². The van der Waals surface area contributed by atoms with Crippen molar-refractivity contribution in [1.82, 2.24) is 5.32 Å². The van der Waals surface area contributed by atoms with Gasteiger partial charge in [0.2, 0.25) is 0 Å². The highest BCUT2D eigenvalue weighted by molar-refractivity contribution is 4.99. The van der Waals surface area contributed by atoms with Crippen LogP contribution in [0.2, 0.25) is 0 Å². The van der Waals surface area contributed by atoms with Crippen molar-refractivity contribution in [3.05, 3.63) is 0 Å². The van der Waals surface area contributed by atoms with E-state index in [1.807, 2.05) is 0 Å². The van der Waals surface area contributed by atoms with Crippen LogP contribution in [0.5, 0.6) is 0 Å². The smallest absolute Gasteiger partial charge is 0.0126 e. The molecule has 1 heterocycles. The van der Waals surface area contributed by atoms with E-state index >= 15 is 0 Å². The Labute approximate surface area is 63.2 Å². The van der Waals surface area contributed by atoms with Crippen LogP contribution in [0.1, 0.15) is 26.7 Å². The van der Waals surface area contributed by atoms with Crippen molar-refractivity contribution in [2.45, 2.75) is 32.7 Å². The lowest BCUT2D eigenvalue weighted by Crippen LogP contribution is -2.59. The van der Waals surface area contributed by atoms with Gasteiger partial charge in [0.1, 0.15) is 0 Å². The van der Waals surface area contributed by atoms with E-state index in [1.54, 1.807) is 0 Å². The maximum Gasteiger partial charge on any atom is 0.0126 e. The van der Waals surface area contributed by atoms with Gasteiger partial charge in [-0.05, 0) is 37.1 Å². The van der Waals surface area contributed by atoms with Crippen LogP contribution in [0.15, 0.2) is 0 Å². The molecule has 4 unspecified atom stereocenters. The van der Waals surface area contributed by atoms with Crippen LogP contribution in [0.4, 0.5) is 0 Å². The van der Waals surface area contributed by atoms with Crippen molar-refractivity contribution in [1.29, 1.82) is 0 Å². The van der Waals surface area contributed by atoms with E-state index in [0.717, 1.165) is 23.8 Å². The van der Waals surface area contributed by atoms with Crippen molar-refractivity contribution >= 4 is 0 Å². The van der Waals surface area contributed by atoms with Crippen LogP contribution in [-0.2, 0) is 0 Å². The fraction of sp³-hybridized carbons (Fsp3) is 1.00. The van der Waals surface area contributed by atoms with Crippen LogP contribution in [0.3, 0.4) is 0 Å². The summed E-state index contributed by atoms with van der Waals surface area (Å²) in [5.74, 6) is 2.94. The van der Waals surface area contributed by atoms with Crippen molar-refractivity contribution < 1.29 is 0 Å². The Bertz CT molecular complexity index is 117. The van der Waals surface area contributed by atoms with E-state index < -0.39 is 0 Å². The molecule has 58 valence electrons. The first-order valence-corrected chi connectivity index (χ1v) is 4.54. The Morgan fingerprint density at radius 1 is 1.20 bits per heavy atom. The average Bonchev–Trinajstić information content (AvgIpc) is 2.03. The molecule has 0 radical (unpaired) electrons. The zero-order valence-electron chi connectivity index (χ0n) is 6.93. The third-order valence-corrected chi connectivity index (χ3v) is 3.63. The van der Waals surface area contributed by atoms with E-state index in [2.05, 4.69) is 19.2 Å². The number of piperidine rings is 1. The van der Waals surface area contributed by atoms with Gasteiger partial charge in [-0.1, -0.05) is 13.8 Å². The first-order chi connectivity index (χ1) is 4.80. The quantitative estimate of drug-likeness (QED) is 0.538. The van der Waals surface area contributed by atoms with Gasteiger partial charge < -0.3 is 5.32 Å². The minimum absolute atomic E-state index is 0.878. The topological polar surface area (TPSA) is 12.0 Å². The molecule has 2 aliphatic rings. The lowest BCUT2D eigenvalue weighted by molar-refractivity contribution is 0.0116. The molecule has 0 spiro atoms. The lowest BCUT2D eigenvalue weighted by Gasteiger charge is -2.52. The van der Waals surface area contributed by atoms with Crippen molar-refractivity contribution in [2.24, 2.45) is 17.8 Å². The molecule has 1 nitrogen and oxygen atoms in total. The molecule has 2 fully saturated rings. The average molecular weight is 139 g/mol. The summed E-state index contributed by atoms with van der Waals surface area (Å²) in [7, 11) is 0. The highest BCUT2D eigenvalue weighted by Gasteiger charge is 2.45. The molecule has 1 saturated heterocycles. The molecule has 10 heavy (non-hydrogen) atoms. The van der Waals surface area contributed by atoms with Crippen LogP contribution in [-0.4, -0.2) is 12.6 Å². The molecule has 0 aromatic rings. The second-order valence-corrected chi connectivity index (χ2v) is 4.00. The molecule has 1 aliphatic carbocycles. The van der Waals surface area contributed by atoms with Crippen LogP contribution in [0.25, 0.3) is 0 Å². The molecule has 1 heteroatoms. The monoisotopic (exact) mass is 139 g/mol. The second-order valence-electron chi connectivity index (χ2n) is 4.00. The fourth-order valence-electron chi connectivity index (χ4n) is 2.67. The van der Waals surface area contributed by atoms with Crippen LogP contribution < -0.4 is 5.32 Å². The van der Waals surface area contributed by atoms with Crippen molar-refractivity contribution in [3.8, 4) is 0 Å². The third-order valence-electron chi connectivity index (χ3n) is 3.63. The van der Waals surface area contributed by atoms with E-state index in [4.69, 9.17) is 0 Å². The van der Waals surface area contributed by atoms with Gasteiger partial charge in [0.25, 0.3) is 0 Å². The summed E-state index contributed by atoms with van der Waals surface area (Å²) in [5.41, 5.74) is 0. The van der Waals surface area contributed by atoms with Crippen LogP contribution >= 0.6 is 0 Å². The fourth-order valence-corrected chi connectivity index (χ4v) is 2.67. The van der Waals surface area contributed by atoms with Gasteiger partial charge in [-0.3, -0.25) is 0 Å². The van der Waals surface area contributed by atoms with Gasteiger partial charge in [-0.2, -0.15) is 0 Å². The zero-order chi connectivity index (χ0) is 7.14. The zero-order valence-corrected chi connectivity index (χ0v) is 6.93. The van der Waals surface area contributed by atoms with Gasteiger partial charge in [0, 0.05) is 6.04 Å². The van der Waals surface area contributed by atoms with Gasteiger partial charge in [0.15, 0.2) is 0 Å². The van der Waals surface area contributed by atoms with Crippen molar-refractivity contribution in [2.75, 3.05) is 6.54 Å². The van der Waals surface area contributed by atoms with E-state index in [1.165, 1.54) is 19.4 Å². The molecule has 4 atom stereocenters. The second kappa shape index (κ2) is 2.23. The van der Waals surface area contributed by atoms with Crippen LogP contribution in [0, 0.1) is 17.8 Å². The van der Waals surface area contributed by atoms with Gasteiger partial charge in [-0.25, -0.2) is 0 Å². The minimum Gasteiger partial charge on any atom is -0.313 e. The largest absolute Gasteiger partial charge is 0.313 e. The molecule has 1 saturated carbocycles. The number of hydrogen-bond donors (Lipinski definition) is 1. The molecule has 1 N–H and O–H groups in total. The van der Waals surface area contributed by atoms with E-state index in [-0.39, 0.29) is 0 Å². The predicted molar refractivity (Wildman–Crippen MR) is 42.8 cm³/mol. The summed E-state index contributed by atoms with van der Waals surface area (Å²) in [5, 5.41) is 3.60. The third kappa shape index (κ3) is 0.731. The van der Waals surface area contributed by atoms with E-state index in [9.17, 15) is 0 Å². The Hall–Kier alpha value is -0.0400.